The van der Waals surface area contributed by atoms with Crippen molar-refractivity contribution in [2.45, 2.75) is 13.3 Å². The maximum Gasteiger partial charge on any atom is 0.138 e. The van der Waals surface area contributed by atoms with Gasteiger partial charge in [0.15, 0.2) is 0 Å². The minimum absolute atomic E-state index is 0.697. The number of ether oxygens (including phenoxy) is 1. The second kappa shape index (κ2) is 9.86. The molecule has 0 amide bonds. The highest BCUT2D eigenvalue weighted by Gasteiger charge is 2.24. The Morgan fingerprint density at radius 1 is 0.939 bits per heavy atom. The minimum atomic E-state index is 0.697. The zero-order valence-electron chi connectivity index (χ0n) is 18.9. The van der Waals surface area contributed by atoms with Gasteiger partial charge in [-0.25, -0.2) is 4.99 Å². The highest BCUT2D eigenvalue weighted by atomic mass is 35.5. The van der Waals surface area contributed by atoms with Gasteiger partial charge in [-0.3, -0.25) is 4.90 Å². The first-order valence-corrected chi connectivity index (χ1v) is 11.9. The predicted molar refractivity (Wildman–Crippen MR) is 137 cm³/mol. The van der Waals surface area contributed by atoms with Crippen LogP contribution in [-0.2, 0) is 0 Å². The monoisotopic (exact) mass is 460 g/mol. The summed E-state index contributed by atoms with van der Waals surface area (Å²) in [5, 5.41) is 4.23. The molecular formula is C27H29ClN4O. The van der Waals surface area contributed by atoms with Gasteiger partial charge in [0.1, 0.15) is 11.6 Å². The van der Waals surface area contributed by atoms with Gasteiger partial charge in [-0.2, -0.15) is 0 Å². The summed E-state index contributed by atoms with van der Waals surface area (Å²) in [6, 6.07) is 22.5. The molecule has 1 N–H and O–H groups in total. The molecule has 0 atom stereocenters. The number of benzene rings is 3. The minimum Gasteiger partial charge on any atom is -0.494 e. The van der Waals surface area contributed by atoms with Crippen molar-refractivity contribution in [3.8, 4) is 5.75 Å². The second-order valence-corrected chi connectivity index (χ2v) is 9.05. The van der Waals surface area contributed by atoms with Crippen molar-refractivity contribution in [1.82, 2.24) is 9.80 Å². The van der Waals surface area contributed by atoms with E-state index in [1.807, 2.05) is 30.3 Å². The molecule has 5 rings (SSSR count). The molecule has 5 nitrogen and oxygen atoms in total. The van der Waals surface area contributed by atoms with Gasteiger partial charge in [0.25, 0.3) is 0 Å². The van der Waals surface area contributed by atoms with Gasteiger partial charge in [-0.1, -0.05) is 41.4 Å². The Morgan fingerprint density at radius 2 is 1.73 bits per heavy atom. The molecule has 0 radical (unpaired) electrons. The van der Waals surface area contributed by atoms with Crippen molar-refractivity contribution < 1.29 is 4.74 Å². The van der Waals surface area contributed by atoms with E-state index in [-0.39, 0.29) is 0 Å². The van der Waals surface area contributed by atoms with Crippen LogP contribution >= 0.6 is 11.6 Å². The van der Waals surface area contributed by atoms with Crippen LogP contribution in [0.3, 0.4) is 0 Å². The molecule has 0 aliphatic carbocycles. The fourth-order valence-electron chi connectivity index (χ4n) is 4.35. The first kappa shape index (κ1) is 21.8. The number of aryl methyl sites for hydroxylation is 1. The molecule has 3 aromatic rings. The Morgan fingerprint density at radius 3 is 2.55 bits per heavy atom. The van der Waals surface area contributed by atoms with E-state index < -0.39 is 0 Å². The highest BCUT2D eigenvalue weighted by Crippen LogP contribution is 2.36. The van der Waals surface area contributed by atoms with E-state index in [0.717, 1.165) is 80.0 Å². The zero-order valence-corrected chi connectivity index (χ0v) is 19.7. The van der Waals surface area contributed by atoms with Crippen molar-refractivity contribution in [3.05, 3.63) is 82.9 Å². The molecular weight excluding hydrogens is 432 g/mol. The van der Waals surface area contributed by atoms with Crippen LogP contribution in [0.15, 0.2) is 71.7 Å². The fourth-order valence-corrected chi connectivity index (χ4v) is 4.51. The molecule has 0 bridgehead atoms. The molecule has 33 heavy (non-hydrogen) atoms. The van der Waals surface area contributed by atoms with Crippen molar-refractivity contribution >= 4 is 34.5 Å². The summed E-state index contributed by atoms with van der Waals surface area (Å²) in [5.74, 6) is 1.96. The summed E-state index contributed by atoms with van der Waals surface area (Å²) in [4.78, 5) is 9.98. The van der Waals surface area contributed by atoms with Gasteiger partial charge in [0.2, 0.25) is 0 Å². The molecule has 0 unspecified atom stereocenters. The molecule has 0 saturated carbocycles. The number of hydrogen-bond donors (Lipinski definition) is 1. The summed E-state index contributed by atoms with van der Waals surface area (Å²) >= 11 is 6.27. The van der Waals surface area contributed by atoms with Crippen LogP contribution in [0.25, 0.3) is 0 Å². The number of nitrogens with zero attached hydrogens (tertiary/aromatic N) is 3. The number of anilines is 2. The fraction of sp³-hybridized carbons (Fsp3) is 0.296. The van der Waals surface area contributed by atoms with Gasteiger partial charge in [0, 0.05) is 49.0 Å². The largest absolute Gasteiger partial charge is 0.494 e. The molecule has 0 spiro atoms. The lowest BCUT2D eigenvalue weighted by Crippen LogP contribution is -2.49. The number of piperazine rings is 1. The van der Waals surface area contributed by atoms with E-state index in [9.17, 15) is 0 Å². The van der Waals surface area contributed by atoms with Crippen LogP contribution in [0.1, 0.15) is 17.5 Å². The average molecular weight is 461 g/mol. The first-order valence-electron chi connectivity index (χ1n) is 11.6. The lowest BCUT2D eigenvalue weighted by Gasteiger charge is -2.36. The molecule has 170 valence electrons. The van der Waals surface area contributed by atoms with Crippen LogP contribution in [0, 0.1) is 6.92 Å². The Bertz CT molecular complexity index is 1140. The van der Waals surface area contributed by atoms with Crippen molar-refractivity contribution in [3.63, 3.8) is 0 Å². The normalized spacial score (nSPS) is 15.7. The third-order valence-corrected chi connectivity index (χ3v) is 6.44. The molecule has 0 aromatic heterocycles. The van der Waals surface area contributed by atoms with Crippen LogP contribution in [0.5, 0.6) is 5.75 Å². The summed E-state index contributed by atoms with van der Waals surface area (Å²) in [6.07, 6.45) is 1.02. The van der Waals surface area contributed by atoms with Crippen molar-refractivity contribution in [1.29, 1.82) is 0 Å². The number of fused-ring (bicyclic) bond motifs is 2. The number of para-hydroxylation sites is 1. The van der Waals surface area contributed by atoms with E-state index in [0.29, 0.717) is 5.02 Å². The summed E-state index contributed by atoms with van der Waals surface area (Å²) < 4.78 is 5.89. The molecule has 6 heteroatoms. The topological polar surface area (TPSA) is 40.1 Å². The van der Waals surface area contributed by atoms with Crippen LogP contribution in [0.2, 0.25) is 5.02 Å². The Hall–Kier alpha value is -3.02. The third kappa shape index (κ3) is 5.15. The molecule has 1 fully saturated rings. The Balaban J connectivity index is 1.21. The predicted octanol–water partition coefficient (Wildman–Crippen LogP) is 5.87. The van der Waals surface area contributed by atoms with E-state index in [1.54, 1.807) is 0 Å². The smallest absolute Gasteiger partial charge is 0.138 e. The number of nitrogens with one attached hydrogen (secondary N) is 1. The van der Waals surface area contributed by atoms with Crippen molar-refractivity contribution in [2.75, 3.05) is 44.6 Å². The van der Waals surface area contributed by atoms with Gasteiger partial charge < -0.3 is 15.0 Å². The Kier molecular flexibility index (Phi) is 6.51. The van der Waals surface area contributed by atoms with Gasteiger partial charge in [-0.05, 0) is 55.8 Å². The first-order chi connectivity index (χ1) is 16.2. The average Bonchev–Trinajstić information content (AvgIpc) is 3.00. The number of halogens is 1. The van der Waals surface area contributed by atoms with E-state index >= 15 is 0 Å². The maximum absolute atomic E-state index is 6.27. The maximum atomic E-state index is 6.27. The summed E-state index contributed by atoms with van der Waals surface area (Å²) in [7, 11) is 0. The number of rotatable bonds is 5. The quantitative estimate of drug-likeness (QED) is 0.483. The molecule has 3 aromatic carbocycles. The van der Waals surface area contributed by atoms with Crippen LogP contribution in [0.4, 0.5) is 17.1 Å². The van der Waals surface area contributed by atoms with E-state index in [1.165, 1.54) is 5.56 Å². The van der Waals surface area contributed by atoms with Gasteiger partial charge in [-0.15, -0.1) is 0 Å². The number of hydrogen-bond acceptors (Lipinski definition) is 5. The molecule has 1 saturated heterocycles. The molecule has 2 heterocycles. The number of aliphatic imine (C=N–C) groups is 1. The summed E-state index contributed by atoms with van der Waals surface area (Å²) in [6.45, 7) is 7.80. The highest BCUT2D eigenvalue weighted by molar-refractivity contribution is 6.31. The van der Waals surface area contributed by atoms with Gasteiger partial charge in [0.05, 0.1) is 18.0 Å². The lowest BCUT2D eigenvalue weighted by atomic mass is 10.1. The van der Waals surface area contributed by atoms with Crippen LogP contribution in [-0.4, -0.2) is 55.0 Å². The van der Waals surface area contributed by atoms with Gasteiger partial charge >= 0.3 is 0 Å². The summed E-state index contributed by atoms with van der Waals surface area (Å²) in [5.41, 5.74) is 5.32. The van der Waals surface area contributed by atoms with Crippen molar-refractivity contribution in [2.24, 2.45) is 4.99 Å². The zero-order chi connectivity index (χ0) is 22.6. The van der Waals surface area contributed by atoms with Crippen LogP contribution < -0.4 is 10.1 Å². The van der Waals surface area contributed by atoms with E-state index in [2.05, 4.69) is 58.4 Å². The van der Waals surface area contributed by atoms with E-state index in [4.69, 9.17) is 21.3 Å². The molecule has 2 aliphatic heterocycles. The third-order valence-electron chi connectivity index (χ3n) is 6.20. The standard InChI is InChI=1S/C27H29ClN4O/c1-20-7-10-22(11-8-20)33-18-4-13-31-14-16-32(17-15-31)27-23-5-2-3-6-24(23)29-25-12-9-21(28)19-26(25)30-27/h2-3,5-12,19,29H,4,13-18H2,1H3. The molecule has 2 aliphatic rings. The number of amidine groups is 1. The Labute approximate surface area is 200 Å². The SMILES string of the molecule is Cc1ccc(OCCCN2CCN(C3=Nc4cc(Cl)ccc4Nc4ccccc43)CC2)cc1. The second-order valence-electron chi connectivity index (χ2n) is 8.61. The lowest BCUT2D eigenvalue weighted by molar-refractivity contribution is 0.169.